The molecule has 1 aromatic carbocycles. The number of piperazine rings is 1. The first-order valence-corrected chi connectivity index (χ1v) is 11.5. The van der Waals surface area contributed by atoms with Crippen LogP contribution in [0.4, 0.5) is 0 Å². The smallest absolute Gasteiger partial charge is 0.271 e. The van der Waals surface area contributed by atoms with Crippen LogP contribution in [0.1, 0.15) is 23.3 Å². The zero-order valence-corrected chi connectivity index (χ0v) is 18.6. The molecule has 2 fully saturated rings. The summed E-state index contributed by atoms with van der Waals surface area (Å²) in [5.41, 5.74) is 1.59. The third-order valence-corrected chi connectivity index (χ3v) is 8.00. The maximum Gasteiger partial charge on any atom is 0.271 e. The molecule has 1 aliphatic carbocycles. The summed E-state index contributed by atoms with van der Waals surface area (Å²) >= 11 is 0. The average Bonchev–Trinajstić information content (AvgIpc) is 3.55. The number of hydrogen-bond donors (Lipinski definition) is 1. The first-order valence-electron chi connectivity index (χ1n) is 10.0. The number of aromatic nitrogens is 2. The number of H-pyrrole nitrogens is 1. The van der Waals surface area contributed by atoms with Crippen molar-refractivity contribution in [3.63, 3.8) is 0 Å². The molecular formula is C20H26N4O6S. The van der Waals surface area contributed by atoms with Crippen LogP contribution in [-0.2, 0) is 10.0 Å². The number of carbonyl (C=O) groups excluding carboxylic acids is 1. The summed E-state index contributed by atoms with van der Waals surface area (Å²) in [6.07, 6.45) is 1.47. The molecule has 2 aliphatic rings. The number of carbonyl (C=O) groups is 1. The quantitative estimate of drug-likeness (QED) is 0.677. The molecule has 1 N–H and O–H groups in total. The summed E-state index contributed by atoms with van der Waals surface area (Å²) in [7, 11) is 1.38. The van der Waals surface area contributed by atoms with E-state index in [1.807, 2.05) is 0 Å². The highest BCUT2D eigenvalue weighted by atomic mass is 32.2. The van der Waals surface area contributed by atoms with Gasteiger partial charge < -0.3 is 19.1 Å². The summed E-state index contributed by atoms with van der Waals surface area (Å²) in [5, 5.41) is 6.82. The van der Waals surface area contributed by atoms with Gasteiger partial charge in [0.15, 0.2) is 11.5 Å². The molecule has 0 atom stereocenters. The number of rotatable bonds is 7. The third kappa shape index (κ3) is 4.07. The Kier molecular flexibility index (Phi) is 5.80. The molecule has 2 aromatic rings. The van der Waals surface area contributed by atoms with Crippen molar-refractivity contribution in [1.29, 1.82) is 0 Å². The van der Waals surface area contributed by atoms with Gasteiger partial charge in [-0.3, -0.25) is 9.89 Å². The molecule has 31 heavy (non-hydrogen) atoms. The summed E-state index contributed by atoms with van der Waals surface area (Å²) in [5.74, 6) is 1.23. The molecule has 0 spiro atoms. The van der Waals surface area contributed by atoms with E-state index in [9.17, 15) is 13.2 Å². The Morgan fingerprint density at radius 2 is 1.61 bits per heavy atom. The highest BCUT2D eigenvalue weighted by molar-refractivity contribution is 7.90. The topological polar surface area (TPSA) is 114 Å². The van der Waals surface area contributed by atoms with Gasteiger partial charge in [-0.05, 0) is 31.0 Å². The maximum absolute atomic E-state index is 12.9. The van der Waals surface area contributed by atoms with Gasteiger partial charge in [0.2, 0.25) is 15.8 Å². The predicted octanol–water partition coefficient (Wildman–Crippen LogP) is 1.35. The van der Waals surface area contributed by atoms with Gasteiger partial charge in [-0.25, -0.2) is 8.42 Å². The minimum atomic E-state index is -3.21. The van der Waals surface area contributed by atoms with Gasteiger partial charge in [0.05, 0.1) is 32.3 Å². The van der Waals surface area contributed by atoms with Crippen molar-refractivity contribution in [2.45, 2.75) is 18.1 Å². The standard InChI is InChI=1S/C20H26N4O6S/c1-28-17-10-13(11-18(29-2)19(17)30-3)15-12-16(22-21-15)20(25)23-6-8-24(9-7-23)31(26,27)14-4-5-14/h10-12,14H,4-9H2,1-3H3,(H,21,22). The number of aromatic amines is 1. The van der Waals surface area contributed by atoms with E-state index in [2.05, 4.69) is 10.2 Å². The van der Waals surface area contributed by atoms with E-state index in [0.29, 0.717) is 60.4 Å². The minimum absolute atomic E-state index is 0.213. The Labute approximate surface area is 181 Å². The van der Waals surface area contributed by atoms with Crippen LogP contribution in [0, 0.1) is 0 Å². The molecule has 4 rings (SSSR count). The van der Waals surface area contributed by atoms with Gasteiger partial charge in [-0.1, -0.05) is 0 Å². The summed E-state index contributed by atoms with van der Waals surface area (Å²) < 4.78 is 42.4. The van der Waals surface area contributed by atoms with Crippen molar-refractivity contribution in [3.8, 4) is 28.5 Å². The van der Waals surface area contributed by atoms with Gasteiger partial charge in [0.1, 0.15) is 5.69 Å². The Morgan fingerprint density at radius 3 is 2.13 bits per heavy atom. The van der Waals surface area contributed by atoms with E-state index in [1.165, 1.54) is 25.6 Å². The number of methoxy groups -OCH3 is 3. The molecule has 10 nitrogen and oxygen atoms in total. The van der Waals surface area contributed by atoms with Crippen LogP contribution in [0.5, 0.6) is 17.2 Å². The summed E-state index contributed by atoms with van der Waals surface area (Å²) in [6, 6.07) is 5.18. The fourth-order valence-electron chi connectivity index (χ4n) is 3.70. The SMILES string of the molecule is COc1cc(-c2cc(C(=O)N3CCN(S(=O)(=O)C4CC4)CC3)[nH]n2)cc(OC)c1OC. The zero-order chi connectivity index (χ0) is 22.2. The van der Waals surface area contributed by atoms with Crippen molar-refractivity contribution < 1.29 is 27.4 Å². The van der Waals surface area contributed by atoms with Crippen LogP contribution >= 0.6 is 0 Å². The molecule has 2 heterocycles. The number of nitrogens with one attached hydrogen (secondary N) is 1. The molecule has 1 saturated carbocycles. The van der Waals surface area contributed by atoms with Crippen LogP contribution in [-0.4, -0.2) is 86.5 Å². The average molecular weight is 451 g/mol. The fraction of sp³-hybridized carbons (Fsp3) is 0.500. The third-order valence-electron chi connectivity index (χ3n) is 5.60. The molecule has 168 valence electrons. The molecule has 0 radical (unpaired) electrons. The minimum Gasteiger partial charge on any atom is -0.493 e. The van der Waals surface area contributed by atoms with Gasteiger partial charge in [0, 0.05) is 31.7 Å². The van der Waals surface area contributed by atoms with Crippen LogP contribution in [0.25, 0.3) is 11.3 Å². The molecule has 1 saturated heterocycles. The summed E-state index contributed by atoms with van der Waals surface area (Å²) in [4.78, 5) is 14.6. The first-order chi connectivity index (χ1) is 14.9. The van der Waals surface area contributed by atoms with Gasteiger partial charge in [-0.2, -0.15) is 9.40 Å². The normalized spacial score (nSPS) is 17.5. The van der Waals surface area contributed by atoms with E-state index >= 15 is 0 Å². The lowest BCUT2D eigenvalue weighted by Gasteiger charge is -2.33. The molecule has 0 unspecified atom stereocenters. The van der Waals surface area contributed by atoms with E-state index in [0.717, 1.165) is 12.8 Å². The second-order valence-electron chi connectivity index (χ2n) is 7.52. The van der Waals surface area contributed by atoms with Crippen molar-refractivity contribution in [1.82, 2.24) is 19.4 Å². The molecule has 1 amide bonds. The Morgan fingerprint density at radius 1 is 1.00 bits per heavy atom. The van der Waals surface area contributed by atoms with Gasteiger partial charge in [0.25, 0.3) is 5.91 Å². The van der Waals surface area contributed by atoms with Gasteiger partial charge in [-0.15, -0.1) is 0 Å². The van der Waals surface area contributed by atoms with Crippen LogP contribution < -0.4 is 14.2 Å². The first kappa shape index (κ1) is 21.4. The van der Waals surface area contributed by atoms with Gasteiger partial charge >= 0.3 is 0 Å². The lowest BCUT2D eigenvalue weighted by Crippen LogP contribution is -2.51. The fourth-order valence-corrected chi connectivity index (χ4v) is 5.53. The number of amides is 1. The van der Waals surface area contributed by atoms with Crippen LogP contribution in [0.15, 0.2) is 18.2 Å². The van der Waals surface area contributed by atoms with E-state index in [-0.39, 0.29) is 11.2 Å². The van der Waals surface area contributed by atoms with Crippen LogP contribution in [0.3, 0.4) is 0 Å². The van der Waals surface area contributed by atoms with Crippen LogP contribution in [0.2, 0.25) is 0 Å². The maximum atomic E-state index is 12.9. The largest absolute Gasteiger partial charge is 0.493 e. The lowest BCUT2D eigenvalue weighted by atomic mass is 10.1. The molecule has 1 aliphatic heterocycles. The second-order valence-corrected chi connectivity index (χ2v) is 9.73. The molecule has 1 aromatic heterocycles. The predicted molar refractivity (Wildman–Crippen MR) is 113 cm³/mol. The zero-order valence-electron chi connectivity index (χ0n) is 17.8. The number of sulfonamides is 1. The van der Waals surface area contributed by atoms with E-state index in [1.54, 1.807) is 23.1 Å². The monoisotopic (exact) mass is 450 g/mol. The van der Waals surface area contributed by atoms with E-state index in [4.69, 9.17) is 14.2 Å². The summed E-state index contributed by atoms with van der Waals surface area (Å²) in [6.45, 7) is 1.34. The van der Waals surface area contributed by atoms with Crippen molar-refractivity contribution in [2.75, 3.05) is 47.5 Å². The number of ether oxygens (including phenoxy) is 3. The lowest BCUT2D eigenvalue weighted by molar-refractivity contribution is 0.0692. The number of hydrogen-bond acceptors (Lipinski definition) is 7. The molecule has 11 heteroatoms. The molecular weight excluding hydrogens is 424 g/mol. The number of benzene rings is 1. The van der Waals surface area contributed by atoms with Crippen molar-refractivity contribution in [2.24, 2.45) is 0 Å². The highest BCUT2D eigenvalue weighted by Crippen LogP contribution is 2.41. The number of nitrogens with zero attached hydrogens (tertiary/aromatic N) is 3. The Balaban J connectivity index is 1.48. The highest BCUT2D eigenvalue weighted by Gasteiger charge is 2.41. The Hall–Kier alpha value is -2.79. The van der Waals surface area contributed by atoms with E-state index < -0.39 is 10.0 Å². The van der Waals surface area contributed by atoms with Crippen molar-refractivity contribution >= 4 is 15.9 Å². The molecule has 0 bridgehead atoms. The second kappa shape index (κ2) is 8.39. The Bertz CT molecular complexity index is 1050. The van der Waals surface area contributed by atoms with Crippen molar-refractivity contribution in [3.05, 3.63) is 23.9 Å².